The van der Waals surface area contributed by atoms with E-state index in [1.807, 2.05) is 18.7 Å². The molecule has 6 heteroatoms. The molecule has 0 N–H and O–H groups in total. The Morgan fingerprint density at radius 3 is 2.27 bits per heavy atom. The van der Waals surface area contributed by atoms with Crippen molar-refractivity contribution in [1.29, 1.82) is 0 Å². The maximum absolute atomic E-state index is 12.9. The number of carbonyl (C=O) groups is 2. The first-order valence-corrected chi connectivity index (χ1v) is 7.42. The molecule has 0 bridgehead atoms. The Balaban J connectivity index is 1.83. The van der Waals surface area contributed by atoms with Crippen LogP contribution in [0.2, 0.25) is 0 Å². The van der Waals surface area contributed by atoms with E-state index in [1.54, 1.807) is 4.90 Å². The van der Waals surface area contributed by atoms with Gasteiger partial charge >= 0.3 is 5.97 Å². The van der Waals surface area contributed by atoms with Crippen molar-refractivity contribution in [1.82, 2.24) is 9.80 Å². The molecule has 1 amide bonds. The van der Waals surface area contributed by atoms with Gasteiger partial charge < -0.3 is 9.64 Å². The van der Waals surface area contributed by atoms with Gasteiger partial charge in [0.15, 0.2) is 0 Å². The smallest absolute Gasteiger partial charge is 0.320 e. The second-order valence-corrected chi connectivity index (χ2v) is 5.61. The van der Waals surface area contributed by atoms with Crippen LogP contribution in [0.1, 0.15) is 24.2 Å². The quantitative estimate of drug-likeness (QED) is 0.792. The van der Waals surface area contributed by atoms with Crippen LogP contribution in [0.5, 0.6) is 0 Å². The average Bonchev–Trinajstić information content (AvgIpc) is 2.47. The third-order valence-corrected chi connectivity index (χ3v) is 3.47. The molecule has 0 aromatic heterocycles. The van der Waals surface area contributed by atoms with Gasteiger partial charge in [-0.2, -0.15) is 0 Å². The Bertz CT molecular complexity index is 523. The van der Waals surface area contributed by atoms with Crippen molar-refractivity contribution in [2.24, 2.45) is 0 Å². The topological polar surface area (TPSA) is 49.9 Å². The molecule has 2 rings (SSSR count). The van der Waals surface area contributed by atoms with Crippen LogP contribution in [0.4, 0.5) is 4.39 Å². The Hall–Kier alpha value is -1.95. The summed E-state index contributed by atoms with van der Waals surface area (Å²) in [7, 11) is 0. The average molecular weight is 308 g/mol. The molecule has 1 heterocycles. The van der Waals surface area contributed by atoms with Gasteiger partial charge in [-0.25, -0.2) is 4.39 Å². The first kappa shape index (κ1) is 16.4. The summed E-state index contributed by atoms with van der Waals surface area (Å²) in [6.45, 7) is 6.22. The normalized spacial score (nSPS) is 15.9. The van der Waals surface area contributed by atoms with Gasteiger partial charge in [-0.1, -0.05) is 0 Å². The van der Waals surface area contributed by atoms with E-state index in [0.717, 1.165) is 0 Å². The highest BCUT2D eigenvalue weighted by molar-refractivity contribution is 5.94. The summed E-state index contributed by atoms with van der Waals surface area (Å²) >= 11 is 0. The summed E-state index contributed by atoms with van der Waals surface area (Å²) in [6.07, 6.45) is -0.117. The van der Waals surface area contributed by atoms with Crippen LogP contribution in [0.25, 0.3) is 0 Å². The van der Waals surface area contributed by atoms with Crippen molar-refractivity contribution < 1.29 is 18.7 Å². The zero-order valence-electron chi connectivity index (χ0n) is 12.9. The van der Waals surface area contributed by atoms with Crippen molar-refractivity contribution in [3.05, 3.63) is 35.6 Å². The van der Waals surface area contributed by atoms with Crippen molar-refractivity contribution in [2.45, 2.75) is 20.0 Å². The van der Waals surface area contributed by atoms with E-state index in [-0.39, 0.29) is 30.3 Å². The van der Waals surface area contributed by atoms with Gasteiger partial charge in [0.1, 0.15) is 5.82 Å². The highest BCUT2D eigenvalue weighted by atomic mass is 19.1. The van der Waals surface area contributed by atoms with Crippen molar-refractivity contribution in [3.8, 4) is 0 Å². The Morgan fingerprint density at radius 1 is 1.14 bits per heavy atom. The van der Waals surface area contributed by atoms with E-state index in [4.69, 9.17) is 4.74 Å². The van der Waals surface area contributed by atoms with Gasteiger partial charge in [-0.15, -0.1) is 0 Å². The summed E-state index contributed by atoms with van der Waals surface area (Å²) in [5.74, 6) is -0.706. The molecule has 120 valence electrons. The lowest BCUT2D eigenvalue weighted by molar-refractivity contribution is -0.149. The highest BCUT2D eigenvalue weighted by Crippen LogP contribution is 2.10. The minimum Gasteiger partial charge on any atom is -0.462 e. The van der Waals surface area contributed by atoms with Crippen LogP contribution in [-0.2, 0) is 9.53 Å². The van der Waals surface area contributed by atoms with Gasteiger partial charge in [0.05, 0.1) is 12.6 Å². The van der Waals surface area contributed by atoms with E-state index >= 15 is 0 Å². The number of nitrogens with zero attached hydrogens (tertiary/aromatic N) is 2. The second-order valence-electron chi connectivity index (χ2n) is 5.61. The third kappa shape index (κ3) is 4.53. The molecule has 1 fully saturated rings. The highest BCUT2D eigenvalue weighted by Gasteiger charge is 2.23. The van der Waals surface area contributed by atoms with Gasteiger partial charge in [0.2, 0.25) is 0 Å². The first-order chi connectivity index (χ1) is 10.5. The fourth-order valence-electron chi connectivity index (χ4n) is 2.37. The Labute approximate surface area is 129 Å². The van der Waals surface area contributed by atoms with Crippen LogP contribution in [0, 0.1) is 5.82 Å². The number of benzene rings is 1. The summed E-state index contributed by atoms with van der Waals surface area (Å²) in [4.78, 5) is 27.6. The maximum Gasteiger partial charge on any atom is 0.320 e. The number of rotatable bonds is 4. The SMILES string of the molecule is CC(C)OC(=O)CN1CCN(C(=O)c2ccc(F)cc2)CC1. The van der Waals surface area contributed by atoms with Gasteiger partial charge in [-0.05, 0) is 38.1 Å². The molecular weight excluding hydrogens is 287 g/mol. The van der Waals surface area contributed by atoms with Crippen molar-refractivity contribution >= 4 is 11.9 Å². The standard InChI is InChI=1S/C16H21FN2O3/c1-12(2)22-15(20)11-18-7-9-19(10-8-18)16(21)13-3-5-14(17)6-4-13/h3-6,12H,7-11H2,1-2H3. The second kappa shape index (κ2) is 7.35. The summed E-state index contributed by atoms with van der Waals surface area (Å²) < 4.78 is 18.0. The van der Waals surface area contributed by atoms with Crippen LogP contribution in [0.3, 0.4) is 0 Å². The molecule has 1 aromatic rings. The van der Waals surface area contributed by atoms with Crippen molar-refractivity contribution in [3.63, 3.8) is 0 Å². The number of halogens is 1. The predicted molar refractivity (Wildman–Crippen MR) is 80.0 cm³/mol. The largest absolute Gasteiger partial charge is 0.462 e. The zero-order chi connectivity index (χ0) is 16.1. The fourth-order valence-corrected chi connectivity index (χ4v) is 2.37. The number of hydrogen-bond acceptors (Lipinski definition) is 4. The lowest BCUT2D eigenvalue weighted by atomic mass is 10.2. The zero-order valence-corrected chi connectivity index (χ0v) is 12.9. The molecular formula is C16H21FN2O3. The number of carbonyl (C=O) groups excluding carboxylic acids is 2. The Morgan fingerprint density at radius 2 is 1.73 bits per heavy atom. The fraction of sp³-hybridized carbons (Fsp3) is 0.500. The summed E-state index contributed by atoms with van der Waals surface area (Å²) in [6, 6.07) is 5.55. The maximum atomic E-state index is 12.9. The number of hydrogen-bond donors (Lipinski definition) is 0. The molecule has 0 saturated carbocycles. The molecule has 0 radical (unpaired) electrons. The minimum atomic E-state index is -0.356. The summed E-state index contributed by atoms with van der Waals surface area (Å²) in [5.41, 5.74) is 0.481. The predicted octanol–water partition coefficient (Wildman–Crippen LogP) is 1.54. The Kier molecular flexibility index (Phi) is 5.49. The number of esters is 1. The van der Waals surface area contributed by atoms with Crippen molar-refractivity contribution in [2.75, 3.05) is 32.7 Å². The molecule has 0 unspecified atom stereocenters. The van der Waals surface area contributed by atoms with E-state index < -0.39 is 0 Å². The molecule has 1 aliphatic heterocycles. The molecule has 1 saturated heterocycles. The van der Waals surface area contributed by atoms with Gasteiger partial charge in [-0.3, -0.25) is 14.5 Å². The minimum absolute atomic E-state index is 0.107. The molecule has 1 aromatic carbocycles. The van der Waals surface area contributed by atoms with Crippen LogP contribution >= 0.6 is 0 Å². The summed E-state index contributed by atoms with van der Waals surface area (Å²) in [5, 5.41) is 0. The van der Waals surface area contributed by atoms with E-state index in [0.29, 0.717) is 31.7 Å². The molecule has 22 heavy (non-hydrogen) atoms. The van der Waals surface area contributed by atoms with E-state index in [2.05, 4.69) is 0 Å². The number of piperazine rings is 1. The molecule has 5 nitrogen and oxygen atoms in total. The lowest BCUT2D eigenvalue weighted by Gasteiger charge is -2.34. The van der Waals surface area contributed by atoms with Crippen LogP contribution < -0.4 is 0 Å². The molecule has 0 spiro atoms. The van der Waals surface area contributed by atoms with Gasteiger partial charge in [0, 0.05) is 31.7 Å². The van der Waals surface area contributed by atoms with E-state index in [1.165, 1.54) is 24.3 Å². The molecule has 0 aliphatic carbocycles. The molecule has 1 aliphatic rings. The van der Waals surface area contributed by atoms with Gasteiger partial charge in [0.25, 0.3) is 5.91 Å². The van der Waals surface area contributed by atoms with Crippen LogP contribution in [-0.4, -0.2) is 60.5 Å². The number of amides is 1. The monoisotopic (exact) mass is 308 g/mol. The lowest BCUT2D eigenvalue weighted by Crippen LogP contribution is -2.50. The first-order valence-electron chi connectivity index (χ1n) is 7.42. The molecule has 0 atom stereocenters. The van der Waals surface area contributed by atoms with E-state index in [9.17, 15) is 14.0 Å². The third-order valence-electron chi connectivity index (χ3n) is 3.47. The van der Waals surface area contributed by atoms with Crippen LogP contribution in [0.15, 0.2) is 24.3 Å². The number of ether oxygens (including phenoxy) is 1.